The molecule has 0 fully saturated rings. The number of sulfonamides is 1. The minimum atomic E-state index is -3.72. The van der Waals surface area contributed by atoms with Crippen LogP contribution in [-0.4, -0.2) is 8.42 Å². The first-order valence-electron chi connectivity index (χ1n) is 4.71. The highest BCUT2D eigenvalue weighted by Crippen LogP contribution is 2.33. The fourth-order valence-corrected chi connectivity index (χ4v) is 4.04. The van der Waals surface area contributed by atoms with E-state index in [0.29, 0.717) is 5.69 Å². The lowest BCUT2D eigenvalue weighted by molar-refractivity contribution is 0.603. The zero-order valence-electron chi connectivity index (χ0n) is 8.85. The van der Waals surface area contributed by atoms with E-state index < -0.39 is 10.0 Å². The van der Waals surface area contributed by atoms with Gasteiger partial charge in [-0.05, 0) is 18.2 Å². The van der Waals surface area contributed by atoms with Gasteiger partial charge in [0, 0.05) is 11.1 Å². The number of nitrogens with one attached hydrogen (secondary N) is 1. The predicted octanol–water partition coefficient (Wildman–Crippen LogP) is 3.44. The van der Waals surface area contributed by atoms with Crippen LogP contribution in [0.3, 0.4) is 0 Å². The van der Waals surface area contributed by atoms with E-state index in [1.54, 1.807) is 23.6 Å². The van der Waals surface area contributed by atoms with Crippen molar-refractivity contribution in [2.75, 3.05) is 10.5 Å². The molecule has 2 aromatic rings. The molecule has 0 saturated heterocycles. The maximum atomic E-state index is 12.0. The number of rotatable bonds is 3. The molecule has 0 spiro atoms. The molecule has 3 N–H and O–H groups in total. The molecule has 0 radical (unpaired) electrons. The molecule has 0 bridgehead atoms. The third kappa shape index (κ3) is 2.72. The lowest BCUT2D eigenvalue weighted by atomic mass is 10.3. The Hall–Kier alpha value is -0.950. The van der Waals surface area contributed by atoms with Gasteiger partial charge in [-0.25, -0.2) is 8.42 Å². The van der Waals surface area contributed by atoms with Gasteiger partial charge >= 0.3 is 0 Å². The van der Waals surface area contributed by atoms with Crippen molar-refractivity contribution in [1.29, 1.82) is 0 Å². The number of anilines is 2. The number of benzene rings is 1. The standard InChI is InChI=1S/C10H8Cl2N2O2S2/c11-7-2-1-3-8(12)10(7)14-18(15,16)9-4-6(13)5-17-9/h1-5,14H,13H2. The van der Waals surface area contributed by atoms with Gasteiger partial charge in [-0.2, -0.15) is 0 Å². The second kappa shape index (κ2) is 4.97. The van der Waals surface area contributed by atoms with Gasteiger partial charge in [0.15, 0.2) is 0 Å². The van der Waals surface area contributed by atoms with Crippen molar-refractivity contribution in [2.24, 2.45) is 0 Å². The number of nitrogens with two attached hydrogens (primary N) is 1. The molecule has 0 aliphatic rings. The number of thiophene rings is 1. The van der Waals surface area contributed by atoms with Crippen LogP contribution in [0.15, 0.2) is 33.9 Å². The quantitative estimate of drug-likeness (QED) is 0.909. The van der Waals surface area contributed by atoms with Crippen LogP contribution in [0.25, 0.3) is 0 Å². The number of hydrogen-bond donors (Lipinski definition) is 2. The Balaban J connectivity index is 2.40. The first kappa shape index (κ1) is 13.5. The van der Waals surface area contributed by atoms with Crippen LogP contribution >= 0.6 is 34.5 Å². The maximum Gasteiger partial charge on any atom is 0.271 e. The van der Waals surface area contributed by atoms with E-state index in [0.717, 1.165) is 11.3 Å². The lowest BCUT2D eigenvalue weighted by Gasteiger charge is -2.09. The van der Waals surface area contributed by atoms with Crippen LogP contribution in [0, 0.1) is 0 Å². The fourth-order valence-electron chi connectivity index (χ4n) is 1.25. The molecule has 0 aliphatic heterocycles. The molecule has 0 atom stereocenters. The number of halogens is 2. The van der Waals surface area contributed by atoms with E-state index in [4.69, 9.17) is 28.9 Å². The zero-order valence-corrected chi connectivity index (χ0v) is 12.0. The molecule has 1 heterocycles. The third-order valence-electron chi connectivity index (χ3n) is 2.06. The smallest absolute Gasteiger partial charge is 0.271 e. The van der Waals surface area contributed by atoms with Crippen molar-refractivity contribution in [2.45, 2.75) is 4.21 Å². The Kier molecular flexibility index (Phi) is 3.72. The normalized spacial score (nSPS) is 11.4. The predicted molar refractivity (Wildman–Crippen MR) is 76.0 cm³/mol. The fraction of sp³-hybridized carbons (Fsp3) is 0. The Bertz CT molecular complexity index is 663. The second-order valence-corrected chi connectivity index (χ2v) is 7.04. The summed E-state index contributed by atoms with van der Waals surface area (Å²) in [5, 5.41) is 2.01. The van der Waals surface area contributed by atoms with E-state index in [2.05, 4.69) is 4.72 Å². The van der Waals surface area contributed by atoms with E-state index in [1.807, 2.05) is 0 Å². The molecule has 0 amide bonds. The minimum Gasteiger partial charge on any atom is -0.398 e. The van der Waals surface area contributed by atoms with Crippen molar-refractivity contribution in [3.8, 4) is 0 Å². The molecular formula is C10H8Cl2N2O2S2. The van der Waals surface area contributed by atoms with Crippen LogP contribution in [0.1, 0.15) is 0 Å². The Morgan fingerprint density at radius 2 is 1.83 bits per heavy atom. The number of hydrogen-bond acceptors (Lipinski definition) is 4. The summed E-state index contributed by atoms with van der Waals surface area (Å²) in [7, 11) is -3.72. The van der Waals surface area contributed by atoms with Crippen LogP contribution in [0.5, 0.6) is 0 Å². The van der Waals surface area contributed by atoms with Crippen LogP contribution in [-0.2, 0) is 10.0 Å². The summed E-state index contributed by atoms with van der Waals surface area (Å²) in [6.45, 7) is 0. The monoisotopic (exact) mass is 322 g/mol. The SMILES string of the molecule is Nc1csc(S(=O)(=O)Nc2c(Cl)cccc2Cl)c1. The molecule has 2 rings (SSSR count). The highest BCUT2D eigenvalue weighted by molar-refractivity contribution is 7.94. The number of nitrogen functional groups attached to an aromatic ring is 1. The number of para-hydroxylation sites is 1. The molecule has 0 unspecified atom stereocenters. The molecular weight excluding hydrogens is 315 g/mol. The van der Waals surface area contributed by atoms with E-state index in [9.17, 15) is 8.42 Å². The molecule has 0 saturated carbocycles. The Morgan fingerprint density at radius 1 is 1.22 bits per heavy atom. The summed E-state index contributed by atoms with van der Waals surface area (Å²) in [4.78, 5) is 0. The van der Waals surface area contributed by atoms with Gasteiger partial charge in [-0.3, -0.25) is 4.72 Å². The average Bonchev–Trinajstić information content (AvgIpc) is 2.71. The second-order valence-electron chi connectivity index (χ2n) is 3.40. The van der Waals surface area contributed by atoms with Gasteiger partial charge in [-0.15, -0.1) is 11.3 Å². The van der Waals surface area contributed by atoms with Gasteiger partial charge in [0.25, 0.3) is 10.0 Å². The zero-order chi connectivity index (χ0) is 13.3. The van der Waals surface area contributed by atoms with Crippen molar-refractivity contribution in [3.05, 3.63) is 39.7 Å². The van der Waals surface area contributed by atoms with Crippen LogP contribution in [0.4, 0.5) is 11.4 Å². The van der Waals surface area contributed by atoms with Crippen LogP contribution < -0.4 is 10.5 Å². The summed E-state index contributed by atoms with van der Waals surface area (Å²) in [5.41, 5.74) is 6.05. The highest BCUT2D eigenvalue weighted by atomic mass is 35.5. The summed E-state index contributed by atoms with van der Waals surface area (Å²) < 4.78 is 26.5. The van der Waals surface area contributed by atoms with Crippen molar-refractivity contribution < 1.29 is 8.42 Å². The molecule has 96 valence electrons. The summed E-state index contributed by atoms with van der Waals surface area (Å²) in [6.07, 6.45) is 0. The molecule has 1 aromatic heterocycles. The molecule has 1 aromatic carbocycles. The molecule has 8 heteroatoms. The Labute approximate surface area is 118 Å². The third-order valence-corrected chi connectivity index (χ3v) is 5.50. The van der Waals surface area contributed by atoms with Gasteiger partial charge in [0.2, 0.25) is 0 Å². The van der Waals surface area contributed by atoms with E-state index in [-0.39, 0.29) is 19.9 Å². The summed E-state index contributed by atoms with van der Waals surface area (Å²) in [5.74, 6) is 0. The first-order chi connectivity index (χ1) is 8.40. The van der Waals surface area contributed by atoms with E-state index >= 15 is 0 Å². The molecule has 18 heavy (non-hydrogen) atoms. The van der Waals surface area contributed by atoms with Gasteiger partial charge in [0.05, 0.1) is 15.7 Å². The minimum absolute atomic E-state index is 0.107. The molecule has 4 nitrogen and oxygen atoms in total. The molecule has 0 aliphatic carbocycles. The summed E-state index contributed by atoms with van der Waals surface area (Å²) in [6, 6.07) is 6.10. The van der Waals surface area contributed by atoms with Crippen molar-refractivity contribution in [3.63, 3.8) is 0 Å². The van der Waals surface area contributed by atoms with Crippen LogP contribution in [0.2, 0.25) is 10.0 Å². The maximum absolute atomic E-state index is 12.0. The Morgan fingerprint density at radius 3 is 2.33 bits per heavy atom. The van der Waals surface area contributed by atoms with Gasteiger partial charge < -0.3 is 5.73 Å². The van der Waals surface area contributed by atoms with Crippen molar-refractivity contribution >= 4 is 55.9 Å². The average molecular weight is 323 g/mol. The van der Waals surface area contributed by atoms with Gasteiger partial charge in [-0.1, -0.05) is 29.3 Å². The topological polar surface area (TPSA) is 72.2 Å². The first-order valence-corrected chi connectivity index (χ1v) is 7.83. The largest absolute Gasteiger partial charge is 0.398 e. The lowest BCUT2D eigenvalue weighted by Crippen LogP contribution is -2.12. The highest BCUT2D eigenvalue weighted by Gasteiger charge is 2.19. The van der Waals surface area contributed by atoms with E-state index in [1.165, 1.54) is 6.07 Å². The van der Waals surface area contributed by atoms with Gasteiger partial charge in [0.1, 0.15) is 4.21 Å². The summed E-state index contributed by atoms with van der Waals surface area (Å²) >= 11 is 12.8. The van der Waals surface area contributed by atoms with Crippen molar-refractivity contribution in [1.82, 2.24) is 0 Å².